The molecular formula is C19H19FN4O3. The van der Waals surface area contributed by atoms with Gasteiger partial charge in [0.15, 0.2) is 0 Å². The molecule has 0 spiro atoms. The Morgan fingerprint density at radius 2 is 1.93 bits per heavy atom. The Morgan fingerprint density at radius 1 is 1.19 bits per heavy atom. The molecule has 1 aromatic heterocycles. The van der Waals surface area contributed by atoms with E-state index >= 15 is 0 Å². The van der Waals surface area contributed by atoms with Crippen LogP contribution < -0.4 is 15.8 Å². The van der Waals surface area contributed by atoms with Crippen molar-refractivity contribution in [2.24, 2.45) is 0 Å². The minimum absolute atomic E-state index is 0.0716. The van der Waals surface area contributed by atoms with E-state index in [1.165, 1.54) is 12.1 Å². The highest BCUT2D eigenvalue weighted by Gasteiger charge is 2.37. The lowest BCUT2D eigenvalue weighted by Gasteiger charge is -2.18. The molecule has 1 aliphatic heterocycles. The lowest BCUT2D eigenvalue weighted by molar-refractivity contribution is -0.118. The maximum atomic E-state index is 14.3. The van der Waals surface area contributed by atoms with E-state index in [1.54, 1.807) is 13.0 Å². The molecule has 1 fully saturated rings. The second kappa shape index (κ2) is 6.61. The number of anilines is 1. The molecular weight excluding hydrogens is 351 g/mol. The lowest BCUT2D eigenvalue weighted by atomic mass is 9.90. The molecule has 1 aliphatic carbocycles. The highest BCUT2D eigenvalue weighted by atomic mass is 19.1. The average molecular weight is 370 g/mol. The summed E-state index contributed by atoms with van der Waals surface area (Å²) in [5, 5.41) is 9.21. The monoisotopic (exact) mass is 370 g/mol. The van der Waals surface area contributed by atoms with Gasteiger partial charge in [0.25, 0.3) is 11.5 Å². The van der Waals surface area contributed by atoms with Gasteiger partial charge in [0.05, 0.1) is 11.4 Å². The third-order valence-corrected chi connectivity index (χ3v) is 5.14. The normalized spacial score (nSPS) is 19.2. The number of benzene rings is 1. The predicted molar refractivity (Wildman–Crippen MR) is 96.2 cm³/mol. The van der Waals surface area contributed by atoms with E-state index in [0.717, 1.165) is 47.4 Å². The number of H-pyrrole nitrogens is 1. The number of amides is 3. The molecule has 1 atom stereocenters. The average Bonchev–Trinajstić information content (AvgIpc) is 2.91. The molecule has 1 unspecified atom stereocenters. The first-order chi connectivity index (χ1) is 13.0. The van der Waals surface area contributed by atoms with Crippen LogP contribution in [0.2, 0.25) is 0 Å². The van der Waals surface area contributed by atoms with Crippen LogP contribution in [0.25, 0.3) is 0 Å². The molecule has 7 nitrogen and oxygen atoms in total. The van der Waals surface area contributed by atoms with Crippen molar-refractivity contribution in [1.82, 2.24) is 15.5 Å². The minimum atomic E-state index is -0.687. The first kappa shape index (κ1) is 17.4. The molecule has 0 radical (unpaired) electrons. The molecule has 0 saturated carbocycles. The zero-order valence-corrected chi connectivity index (χ0v) is 14.8. The summed E-state index contributed by atoms with van der Waals surface area (Å²) in [6.07, 6.45) is 3.88. The van der Waals surface area contributed by atoms with Crippen LogP contribution in [-0.4, -0.2) is 28.2 Å². The summed E-state index contributed by atoms with van der Waals surface area (Å²) in [7, 11) is 0. The molecule has 4 rings (SSSR count). The summed E-state index contributed by atoms with van der Waals surface area (Å²) in [6, 6.07) is 3.01. The van der Waals surface area contributed by atoms with Crippen LogP contribution in [-0.2, 0) is 24.1 Å². The highest BCUT2D eigenvalue weighted by molar-refractivity contribution is 6.21. The number of imide groups is 1. The Bertz CT molecular complexity index is 1000. The topological polar surface area (TPSA) is 95.2 Å². The molecule has 2 aromatic rings. The first-order valence-corrected chi connectivity index (χ1v) is 8.98. The van der Waals surface area contributed by atoms with Crippen molar-refractivity contribution < 1.29 is 14.0 Å². The number of halogens is 1. The van der Waals surface area contributed by atoms with Gasteiger partial charge in [-0.15, -0.1) is 0 Å². The van der Waals surface area contributed by atoms with Crippen molar-refractivity contribution in [2.45, 2.75) is 45.1 Å². The number of aromatic amines is 1. The fraction of sp³-hybridized carbons (Fsp3) is 0.368. The number of carbonyl (C=O) groups excluding carboxylic acids is 2. The largest absolute Gasteiger partial charge is 0.329 e. The summed E-state index contributed by atoms with van der Waals surface area (Å²) >= 11 is 0. The number of nitrogens with zero attached hydrogens (tertiary/aromatic N) is 2. The van der Waals surface area contributed by atoms with Crippen molar-refractivity contribution in [3.63, 3.8) is 0 Å². The predicted octanol–water partition coefficient (Wildman–Crippen LogP) is 1.82. The molecule has 27 heavy (non-hydrogen) atoms. The number of rotatable bonds is 3. The summed E-state index contributed by atoms with van der Waals surface area (Å²) < 4.78 is 14.3. The molecule has 8 heteroatoms. The van der Waals surface area contributed by atoms with E-state index in [9.17, 15) is 18.8 Å². The van der Waals surface area contributed by atoms with Crippen molar-refractivity contribution in [1.29, 1.82) is 0 Å². The van der Waals surface area contributed by atoms with E-state index in [-0.39, 0.29) is 11.2 Å². The van der Waals surface area contributed by atoms with Gasteiger partial charge < -0.3 is 5.32 Å². The smallest absolute Gasteiger partial charge is 0.326 e. The number of hydrogen-bond donors (Lipinski definition) is 2. The quantitative estimate of drug-likeness (QED) is 0.806. The third kappa shape index (κ3) is 3.01. The Morgan fingerprint density at radius 3 is 2.63 bits per heavy atom. The van der Waals surface area contributed by atoms with Crippen LogP contribution in [0.15, 0.2) is 23.0 Å². The van der Waals surface area contributed by atoms with Crippen LogP contribution in [0.4, 0.5) is 14.9 Å². The molecule has 0 bridgehead atoms. The van der Waals surface area contributed by atoms with Gasteiger partial charge in [0, 0.05) is 12.0 Å². The highest BCUT2D eigenvalue weighted by Crippen LogP contribution is 2.27. The number of nitrogens with one attached hydrogen (secondary N) is 2. The van der Waals surface area contributed by atoms with Gasteiger partial charge in [0.1, 0.15) is 11.9 Å². The molecule has 1 aromatic carbocycles. The first-order valence-electron chi connectivity index (χ1n) is 8.98. The fourth-order valence-electron chi connectivity index (χ4n) is 3.74. The van der Waals surface area contributed by atoms with Crippen LogP contribution in [0.1, 0.15) is 42.1 Å². The van der Waals surface area contributed by atoms with Gasteiger partial charge in [-0.25, -0.2) is 19.2 Å². The van der Waals surface area contributed by atoms with Gasteiger partial charge in [-0.3, -0.25) is 9.59 Å². The third-order valence-electron chi connectivity index (χ3n) is 5.14. The van der Waals surface area contributed by atoms with Gasteiger partial charge >= 0.3 is 6.03 Å². The van der Waals surface area contributed by atoms with E-state index < -0.39 is 23.8 Å². The number of urea groups is 1. The Balaban J connectivity index is 1.70. The van der Waals surface area contributed by atoms with Crippen LogP contribution in [0, 0.1) is 5.82 Å². The summed E-state index contributed by atoms with van der Waals surface area (Å²) in [5.41, 5.74) is 2.96. The van der Waals surface area contributed by atoms with Crippen LogP contribution in [0.5, 0.6) is 0 Å². The molecule has 2 N–H and O–H groups in total. The van der Waals surface area contributed by atoms with E-state index in [4.69, 9.17) is 0 Å². The zero-order valence-electron chi connectivity index (χ0n) is 14.8. The van der Waals surface area contributed by atoms with E-state index in [1.807, 2.05) is 0 Å². The standard InChI is InChI=1S/C19H19FN4O3/c1-10-18(26)24(19(27)21-10)16-9-11(6-7-14(16)20)8-15-12-4-2-3-5-13(12)17(25)23-22-15/h6-7,9-10H,2-5,8H2,1H3,(H,21,27)(H,23,25). The molecule has 3 amide bonds. The fourth-order valence-corrected chi connectivity index (χ4v) is 3.74. The van der Waals surface area contributed by atoms with E-state index in [0.29, 0.717) is 12.0 Å². The van der Waals surface area contributed by atoms with Crippen LogP contribution in [0.3, 0.4) is 0 Å². The molecule has 1 saturated heterocycles. The van der Waals surface area contributed by atoms with Gasteiger partial charge in [-0.1, -0.05) is 6.07 Å². The van der Waals surface area contributed by atoms with Crippen LogP contribution >= 0.6 is 0 Å². The maximum absolute atomic E-state index is 14.3. The molecule has 140 valence electrons. The summed E-state index contributed by atoms with van der Waals surface area (Å²) in [5.74, 6) is -1.14. The number of hydrogen-bond acceptors (Lipinski definition) is 4. The number of aromatic nitrogens is 2. The lowest BCUT2D eigenvalue weighted by Crippen LogP contribution is -2.31. The van der Waals surface area contributed by atoms with Crippen molar-refractivity contribution >= 4 is 17.6 Å². The SMILES string of the molecule is CC1NC(=O)N(c2cc(Cc3n[nH]c(=O)c4c3CCCC4)ccc2F)C1=O. The van der Waals surface area contributed by atoms with Gasteiger partial charge in [-0.05, 0) is 55.9 Å². The van der Waals surface area contributed by atoms with Gasteiger partial charge in [0.2, 0.25) is 0 Å². The molecule has 2 heterocycles. The second-order valence-electron chi connectivity index (χ2n) is 6.97. The van der Waals surface area contributed by atoms with Crippen molar-refractivity contribution in [3.05, 3.63) is 56.8 Å². The van der Waals surface area contributed by atoms with Gasteiger partial charge in [-0.2, -0.15) is 5.10 Å². The second-order valence-corrected chi connectivity index (χ2v) is 6.97. The maximum Gasteiger partial charge on any atom is 0.329 e. The Labute approximate surface area is 154 Å². The Hall–Kier alpha value is -3.03. The van der Waals surface area contributed by atoms with E-state index in [2.05, 4.69) is 15.5 Å². The summed E-state index contributed by atoms with van der Waals surface area (Å²) in [6.45, 7) is 1.55. The minimum Gasteiger partial charge on any atom is -0.326 e. The Kier molecular flexibility index (Phi) is 4.25. The van der Waals surface area contributed by atoms with Crippen molar-refractivity contribution in [2.75, 3.05) is 4.90 Å². The number of carbonyl (C=O) groups is 2. The van der Waals surface area contributed by atoms with Crippen molar-refractivity contribution in [3.8, 4) is 0 Å². The molecule has 2 aliphatic rings. The summed E-state index contributed by atoms with van der Waals surface area (Å²) in [4.78, 5) is 37.0. The number of fused-ring (bicyclic) bond motifs is 1. The zero-order chi connectivity index (χ0) is 19.1.